The number of aromatic nitrogens is 1. The van der Waals surface area contributed by atoms with Crippen molar-refractivity contribution in [3.63, 3.8) is 0 Å². The van der Waals surface area contributed by atoms with E-state index in [-0.39, 0.29) is 18.5 Å². The van der Waals surface area contributed by atoms with Crippen LogP contribution < -0.4 is 0 Å². The maximum atomic E-state index is 12.6. The van der Waals surface area contributed by atoms with Crippen molar-refractivity contribution < 1.29 is 23.8 Å². The first-order valence-electron chi connectivity index (χ1n) is 9.11. The first kappa shape index (κ1) is 19.3. The lowest BCUT2D eigenvalue weighted by Gasteiger charge is -2.22. The Balaban J connectivity index is 1.62. The average molecular weight is 407 g/mol. The molecule has 0 N–H and O–H groups in total. The number of esters is 1. The quantitative estimate of drug-likeness (QED) is 0.348. The van der Waals surface area contributed by atoms with Crippen molar-refractivity contribution >= 4 is 17.4 Å². The van der Waals surface area contributed by atoms with Crippen LogP contribution in [0, 0.1) is 10.1 Å². The summed E-state index contributed by atoms with van der Waals surface area (Å²) in [4.78, 5) is 29.0. The minimum absolute atomic E-state index is 0.00193. The number of nitrogens with zero attached hydrogens (tertiary/aromatic N) is 3. The summed E-state index contributed by atoms with van der Waals surface area (Å²) in [7, 11) is 1.24. The highest BCUT2D eigenvalue weighted by Gasteiger charge is 2.49. The van der Waals surface area contributed by atoms with E-state index in [1.165, 1.54) is 13.2 Å². The summed E-state index contributed by atoms with van der Waals surface area (Å²) < 4.78 is 10.3. The number of nitro benzene ring substituents is 1. The molecule has 1 aliphatic heterocycles. The second-order valence-corrected chi connectivity index (χ2v) is 6.79. The fourth-order valence-electron chi connectivity index (χ4n) is 3.39. The Morgan fingerprint density at radius 3 is 2.67 bits per heavy atom. The van der Waals surface area contributed by atoms with E-state index in [9.17, 15) is 14.9 Å². The Labute approximate surface area is 171 Å². The average Bonchev–Trinajstić information content (AvgIpc) is 3.42. The lowest BCUT2D eigenvalue weighted by Crippen LogP contribution is -2.42. The van der Waals surface area contributed by atoms with Gasteiger partial charge in [0.2, 0.25) is 5.60 Å². The van der Waals surface area contributed by atoms with Crippen LogP contribution >= 0.6 is 0 Å². The number of rotatable bonds is 6. The number of carbonyl (C=O) groups is 1. The maximum Gasteiger partial charge on any atom is 0.353 e. The molecule has 1 unspecified atom stereocenters. The summed E-state index contributed by atoms with van der Waals surface area (Å²) in [6, 6.07) is 17.3. The van der Waals surface area contributed by atoms with E-state index < -0.39 is 16.5 Å². The first-order valence-corrected chi connectivity index (χ1v) is 9.11. The number of ether oxygens (including phenoxy) is 1. The Hall–Kier alpha value is -4.01. The third-order valence-electron chi connectivity index (χ3n) is 4.84. The van der Waals surface area contributed by atoms with Crippen LogP contribution in [0.2, 0.25) is 0 Å². The number of nitro groups is 1. The van der Waals surface area contributed by atoms with Gasteiger partial charge in [-0.15, -0.1) is 0 Å². The highest BCUT2D eigenvalue weighted by Crippen LogP contribution is 2.34. The molecule has 0 bridgehead atoms. The van der Waals surface area contributed by atoms with Crippen molar-refractivity contribution in [3.05, 3.63) is 82.0 Å². The monoisotopic (exact) mass is 407 g/mol. The standard InChI is InChI=1S/C21H17N3O6/c1-28-20(25)21(12-15-11-19(29-22-15)14-7-3-2-4-8-14)13-17(23-30-21)16-9-5-6-10-18(16)24(26)27/h2-11H,12-13H2,1H3. The second kappa shape index (κ2) is 7.78. The predicted octanol–water partition coefficient (Wildman–Crippen LogP) is 3.53. The smallest absolute Gasteiger partial charge is 0.353 e. The molecule has 0 fully saturated rings. The molecule has 2 aromatic carbocycles. The van der Waals surface area contributed by atoms with Gasteiger partial charge < -0.3 is 14.1 Å². The lowest BCUT2D eigenvalue weighted by atomic mass is 9.89. The van der Waals surface area contributed by atoms with Crippen LogP contribution in [0.3, 0.4) is 0 Å². The van der Waals surface area contributed by atoms with Gasteiger partial charge >= 0.3 is 5.97 Å². The van der Waals surface area contributed by atoms with E-state index in [1.807, 2.05) is 30.3 Å². The molecular weight excluding hydrogens is 390 g/mol. The molecule has 30 heavy (non-hydrogen) atoms. The summed E-state index contributed by atoms with van der Waals surface area (Å²) >= 11 is 0. The van der Waals surface area contributed by atoms with Crippen molar-refractivity contribution in [3.8, 4) is 11.3 Å². The van der Waals surface area contributed by atoms with E-state index >= 15 is 0 Å². The van der Waals surface area contributed by atoms with Gasteiger partial charge in [0, 0.05) is 30.5 Å². The van der Waals surface area contributed by atoms with Crippen LogP contribution in [0.25, 0.3) is 11.3 Å². The number of benzene rings is 2. The second-order valence-electron chi connectivity index (χ2n) is 6.79. The summed E-state index contributed by atoms with van der Waals surface area (Å²) in [6.45, 7) is 0. The molecule has 1 aliphatic rings. The molecule has 0 spiro atoms. The third kappa shape index (κ3) is 3.52. The van der Waals surface area contributed by atoms with Gasteiger partial charge in [-0.2, -0.15) is 0 Å². The highest BCUT2D eigenvalue weighted by atomic mass is 16.7. The molecule has 2 heterocycles. The van der Waals surface area contributed by atoms with Gasteiger partial charge in [-0.25, -0.2) is 4.79 Å². The van der Waals surface area contributed by atoms with Crippen molar-refractivity contribution in [2.75, 3.05) is 7.11 Å². The van der Waals surface area contributed by atoms with Crippen molar-refractivity contribution in [1.82, 2.24) is 5.16 Å². The summed E-state index contributed by atoms with van der Waals surface area (Å²) in [5.41, 5.74) is 0.288. The summed E-state index contributed by atoms with van der Waals surface area (Å²) in [5, 5.41) is 19.4. The number of oxime groups is 1. The van der Waals surface area contributed by atoms with Crippen LogP contribution in [0.1, 0.15) is 17.7 Å². The van der Waals surface area contributed by atoms with E-state index in [0.717, 1.165) is 5.56 Å². The number of carbonyl (C=O) groups excluding carboxylic acids is 1. The zero-order chi connectivity index (χ0) is 21.1. The van der Waals surface area contributed by atoms with Gasteiger partial charge in [-0.3, -0.25) is 10.1 Å². The van der Waals surface area contributed by atoms with Crippen molar-refractivity contribution in [2.24, 2.45) is 5.16 Å². The number of hydrogen-bond donors (Lipinski definition) is 0. The molecule has 152 valence electrons. The van der Waals surface area contributed by atoms with Crippen molar-refractivity contribution in [2.45, 2.75) is 18.4 Å². The van der Waals surface area contributed by atoms with Gasteiger partial charge in [0.15, 0.2) is 5.76 Å². The SMILES string of the molecule is COC(=O)C1(Cc2cc(-c3ccccc3)on2)CC(c2ccccc2[N+](=O)[O-])=NO1. The zero-order valence-electron chi connectivity index (χ0n) is 16.0. The van der Waals surface area contributed by atoms with Gasteiger partial charge in [0.05, 0.1) is 29.0 Å². The molecule has 0 aliphatic carbocycles. The van der Waals surface area contributed by atoms with Gasteiger partial charge in [-0.1, -0.05) is 52.8 Å². The molecule has 0 radical (unpaired) electrons. The highest BCUT2D eigenvalue weighted by molar-refractivity contribution is 6.07. The molecule has 0 saturated carbocycles. The number of para-hydroxylation sites is 1. The minimum Gasteiger partial charge on any atom is -0.466 e. The largest absolute Gasteiger partial charge is 0.466 e. The van der Waals surface area contributed by atoms with E-state index in [0.29, 0.717) is 22.7 Å². The molecule has 1 atom stereocenters. The molecule has 3 aromatic rings. The Bertz CT molecular complexity index is 1120. The Morgan fingerprint density at radius 2 is 1.93 bits per heavy atom. The fourth-order valence-corrected chi connectivity index (χ4v) is 3.39. The molecule has 1 aromatic heterocycles. The van der Waals surface area contributed by atoms with Crippen molar-refractivity contribution in [1.29, 1.82) is 0 Å². The summed E-state index contributed by atoms with van der Waals surface area (Å²) in [6.07, 6.45) is 0.0295. The Morgan fingerprint density at radius 1 is 1.20 bits per heavy atom. The minimum atomic E-state index is -1.49. The molecule has 0 amide bonds. The Kier molecular flexibility index (Phi) is 5.01. The number of hydrogen-bond acceptors (Lipinski definition) is 8. The van der Waals surface area contributed by atoms with Gasteiger partial charge in [-0.05, 0) is 6.07 Å². The van der Waals surface area contributed by atoms with Crippen LogP contribution in [-0.4, -0.2) is 34.5 Å². The van der Waals surface area contributed by atoms with E-state index in [1.54, 1.807) is 24.3 Å². The van der Waals surface area contributed by atoms with E-state index in [4.69, 9.17) is 14.1 Å². The van der Waals surface area contributed by atoms with Crippen LogP contribution in [0.5, 0.6) is 0 Å². The zero-order valence-corrected chi connectivity index (χ0v) is 16.0. The van der Waals surface area contributed by atoms with Crippen LogP contribution in [0.15, 0.2) is 70.3 Å². The molecule has 9 nitrogen and oxygen atoms in total. The number of methoxy groups -OCH3 is 1. The van der Waals surface area contributed by atoms with E-state index in [2.05, 4.69) is 10.3 Å². The molecule has 0 saturated heterocycles. The third-order valence-corrected chi connectivity index (χ3v) is 4.84. The molecule has 9 heteroatoms. The first-order chi connectivity index (χ1) is 14.5. The van der Waals surface area contributed by atoms with Gasteiger partial charge in [0.1, 0.15) is 0 Å². The van der Waals surface area contributed by atoms with Crippen LogP contribution in [-0.2, 0) is 20.8 Å². The topological polar surface area (TPSA) is 117 Å². The lowest BCUT2D eigenvalue weighted by molar-refractivity contribution is -0.385. The van der Waals surface area contributed by atoms with Crippen LogP contribution in [0.4, 0.5) is 5.69 Å². The molecular formula is C21H17N3O6. The van der Waals surface area contributed by atoms with Gasteiger partial charge in [0.25, 0.3) is 5.69 Å². The maximum absolute atomic E-state index is 12.6. The fraction of sp³-hybridized carbons (Fsp3) is 0.190. The predicted molar refractivity (Wildman–Crippen MR) is 106 cm³/mol. The molecule has 4 rings (SSSR count). The normalized spacial score (nSPS) is 17.8. The summed E-state index contributed by atoms with van der Waals surface area (Å²) in [5.74, 6) is -0.104.